The van der Waals surface area contributed by atoms with Gasteiger partial charge >= 0.3 is 0 Å². The third-order valence-corrected chi connectivity index (χ3v) is 4.20. The number of nitrogens with one attached hydrogen (secondary N) is 1. The molecule has 3 rings (SSSR count). The van der Waals surface area contributed by atoms with Crippen LogP contribution in [0.15, 0.2) is 48.5 Å². The lowest BCUT2D eigenvalue weighted by molar-refractivity contribution is -0.115. The maximum Gasteiger partial charge on any atom is 0.225 e. The van der Waals surface area contributed by atoms with Gasteiger partial charge in [0.05, 0.1) is 0 Å². The summed E-state index contributed by atoms with van der Waals surface area (Å²) in [6, 6.07) is 16.6. The summed E-state index contributed by atoms with van der Waals surface area (Å²) in [6.07, 6.45) is 1.52. The Bertz CT molecular complexity index is 672. The summed E-state index contributed by atoms with van der Waals surface area (Å²) in [5.41, 5.74) is 4.75. The van der Waals surface area contributed by atoms with Crippen molar-refractivity contribution < 1.29 is 4.79 Å². The molecule has 2 aromatic carbocycles. The van der Waals surface area contributed by atoms with Crippen LogP contribution in [0.25, 0.3) is 0 Å². The SMILES string of the molecule is O=C(CCS)Nc1ccccc1CN1CCc2ccccc21. The van der Waals surface area contributed by atoms with E-state index in [4.69, 9.17) is 0 Å². The van der Waals surface area contributed by atoms with Gasteiger partial charge < -0.3 is 10.2 Å². The van der Waals surface area contributed by atoms with Crippen LogP contribution in [0.1, 0.15) is 17.5 Å². The van der Waals surface area contributed by atoms with Crippen LogP contribution in [0.2, 0.25) is 0 Å². The third-order valence-electron chi connectivity index (χ3n) is 3.97. The summed E-state index contributed by atoms with van der Waals surface area (Å²) in [4.78, 5) is 14.2. The zero-order chi connectivity index (χ0) is 15.4. The van der Waals surface area contributed by atoms with Crippen LogP contribution in [0.4, 0.5) is 11.4 Å². The topological polar surface area (TPSA) is 32.3 Å². The van der Waals surface area contributed by atoms with Gasteiger partial charge in [0.1, 0.15) is 0 Å². The molecule has 1 amide bonds. The van der Waals surface area contributed by atoms with Crippen molar-refractivity contribution in [1.82, 2.24) is 0 Å². The molecule has 4 heteroatoms. The van der Waals surface area contributed by atoms with E-state index in [1.807, 2.05) is 18.2 Å². The summed E-state index contributed by atoms with van der Waals surface area (Å²) in [7, 11) is 0. The van der Waals surface area contributed by atoms with Crippen molar-refractivity contribution in [2.75, 3.05) is 22.5 Å². The predicted molar refractivity (Wildman–Crippen MR) is 94.7 cm³/mol. The third kappa shape index (κ3) is 3.28. The van der Waals surface area contributed by atoms with E-state index in [9.17, 15) is 4.79 Å². The number of fused-ring (bicyclic) bond motifs is 1. The fourth-order valence-corrected chi connectivity index (χ4v) is 3.07. The molecular weight excluding hydrogens is 292 g/mol. The zero-order valence-electron chi connectivity index (χ0n) is 12.5. The van der Waals surface area contributed by atoms with Crippen LogP contribution in [-0.4, -0.2) is 18.2 Å². The van der Waals surface area contributed by atoms with Crippen LogP contribution in [0, 0.1) is 0 Å². The van der Waals surface area contributed by atoms with Crippen LogP contribution < -0.4 is 10.2 Å². The van der Waals surface area contributed by atoms with Crippen molar-refractivity contribution in [2.45, 2.75) is 19.4 Å². The first kappa shape index (κ1) is 15.0. The molecule has 0 aliphatic carbocycles. The Labute approximate surface area is 136 Å². The highest BCUT2D eigenvalue weighted by Crippen LogP contribution is 2.30. The minimum atomic E-state index is 0.0178. The molecule has 0 radical (unpaired) electrons. The van der Waals surface area contributed by atoms with E-state index in [-0.39, 0.29) is 5.91 Å². The number of amides is 1. The van der Waals surface area contributed by atoms with Crippen molar-refractivity contribution in [2.24, 2.45) is 0 Å². The molecule has 1 N–H and O–H groups in total. The number of para-hydroxylation sites is 2. The Morgan fingerprint density at radius 3 is 2.77 bits per heavy atom. The van der Waals surface area contributed by atoms with E-state index in [1.165, 1.54) is 11.3 Å². The number of carbonyl (C=O) groups is 1. The summed E-state index contributed by atoms with van der Waals surface area (Å²) >= 11 is 4.11. The summed E-state index contributed by atoms with van der Waals surface area (Å²) in [6.45, 7) is 1.84. The van der Waals surface area contributed by atoms with E-state index in [1.54, 1.807) is 0 Å². The average molecular weight is 312 g/mol. The Morgan fingerprint density at radius 1 is 1.14 bits per heavy atom. The summed E-state index contributed by atoms with van der Waals surface area (Å²) < 4.78 is 0. The van der Waals surface area contributed by atoms with Gasteiger partial charge in [-0.3, -0.25) is 4.79 Å². The van der Waals surface area contributed by atoms with Crippen LogP contribution >= 0.6 is 12.6 Å². The highest BCUT2D eigenvalue weighted by atomic mass is 32.1. The second-order valence-corrected chi connectivity index (χ2v) is 5.93. The maximum atomic E-state index is 11.8. The minimum absolute atomic E-state index is 0.0178. The monoisotopic (exact) mass is 312 g/mol. The molecule has 1 aliphatic rings. The molecule has 0 unspecified atom stereocenters. The number of carbonyl (C=O) groups excluding carboxylic acids is 1. The highest BCUT2D eigenvalue weighted by Gasteiger charge is 2.19. The lowest BCUT2D eigenvalue weighted by atomic mass is 10.1. The minimum Gasteiger partial charge on any atom is -0.367 e. The second-order valence-electron chi connectivity index (χ2n) is 5.48. The highest BCUT2D eigenvalue weighted by molar-refractivity contribution is 7.80. The molecule has 0 saturated carbocycles. The van der Waals surface area contributed by atoms with Crippen LogP contribution in [0.5, 0.6) is 0 Å². The molecular formula is C18H20N2OS. The Morgan fingerprint density at radius 2 is 1.91 bits per heavy atom. The Kier molecular flexibility index (Phi) is 4.68. The molecule has 0 aromatic heterocycles. The van der Waals surface area contributed by atoms with Gasteiger partial charge in [0.25, 0.3) is 0 Å². The predicted octanol–water partition coefficient (Wildman–Crippen LogP) is 3.51. The van der Waals surface area contributed by atoms with Gasteiger partial charge in [0, 0.05) is 30.9 Å². The van der Waals surface area contributed by atoms with Gasteiger partial charge in [-0.1, -0.05) is 36.4 Å². The lowest BCUT2D eigenvalue weighted by Crippen LogP contribution is -2.21. The smallest absolute Gasteiger partial charge is 0.225 e. The zero-order valence-corrected chi connectivity index (χ0v) is 13.4. The summed E-state index contributed by atoms with van der Waals surface area (Å²) in [5.74, 6) is 0.581. The number of thiol groups is 1. The van der Waals surface area contributed by atoms with Crippen LogP contribution in [-0.2, 0) is 17.8 Å². The summed E-state index contributed by atoms with van der Waals surface area (Å²) in [5, 5.41) is 2.99. The van der Waals surface area contributed by atoms with Crippen molar-refractivity contribution in [3.8, 4) is 0 Å². The molecule has 22 heavy (non-hydrogen) atoms. The molecule has 0 fully saturated rings. The normalized spacial score (nSPS) is 13.0. The molecule has 114 valence electrons. The number of nitrogens with zero attached hydrogens (tertiary/aromatic N) is 1. The quantitative estimate of drug-likeness (QED) is 0.828. The van der Waals surface area contributed by atoms with Gasteiger partial charge in [0.2, 0.25) is 5.91 Å². The van der Waals surface area contributed by atoms with Gasteiger partial charge in [-0.25, -0.2) is 0 Å². The molecule has 0 spiro atoms. The van der Waals surface area contributed by atoms with Gasteiger partial charge in [-0.2, -0.15) is 12.6 Å². The Hall–Kier alpha value is -1.94. The van der Waals surface area contributed by atoms with Crippen LogP contribution in [0.3, 0.4) is 0 Å². The van der Waals surface area contributed by atoms with Gasteiger partial charge in [-0.15, -0.1) is 0 Å². The Balaban J connectivity index is 1.77. The molecule has 2 aromatic rings. The largest absolute Gasteiger partial charge is 0.367 e. The standard InChI is InChI=1S/C18H20N2OS/c21-18(10-12-22)19-16-7-3-1-6-15(16)13-20-11-9-14-5-2-4-8-17(14)20/h1-8,22H,9-13H2,(H,19,21). The maximum absolute atomic E-state index is 11.8. The first-order chi connectivity index (χ1) is 10.8. The molecule has 0 atom stereocenters. The molecule has 3 nitrogen and oxygen atoms in total. The number of hydrogen-bond acceptors (Lipinski definition) is 3. The fourth-order valence-electron chi connectivity index (χ4n) is 2.87. The lowest BCUT2D eigenvalue weighted by Gasteiger charge is -2.21. The van der Waals surface area contributed by atoms with E-state index in [0.717, 1.165) is 30.8 Å². The number of hydrogen-bond donors (Lipinski definition) is 2. The van der Waals surface area contributed by atoms with Crippen molar-refractivity contribution in [3.05, 3.63) is 59.7 Å². The number of anilines is 2. The van der Waals surface area contributed by atoms with Crippen molar-refractivity contribution in [1.29, 1.82) is 0 Å². The molecule has 1 heterocycles. The van der Waals surface area contributed by atoms with E-state index in [2.05, 4.69) is 53.2 Å². The van der Waals surface area contributed by atoms with Gasteiger partial charge in [0.15, 0.2) is 0 Å². The number of benzene rings is 2. The van der Waals surface area contributed by atoms with Crippen molar-refractivity contribution >= 4 is 29.9 Å². The van der Waals surface area contributed by atoms with Crippen molar-refractivity contribution in [3.63, 3.8) is 0 Å². The van der Waals surface area contributed by atoms with E-state index in [0.29, 0.717) is 12.2 Å². The second kappa shape index (κ2) is 6.88. The fraction of sp³-hybridized carbons (Fsp3) is 0.278. The van der Waals surface area contributed by atoms with E-state index >= 15 is 0 Å². The molecule has 0 bridgehead atoms. The average Bonchev–Trinajstić information content (AvgIpc) is 2.93. The molecule has 0 saturated heterocycles. The first-order valence-corrected chi connectivity index (χ1v) is 8.22. The molecule has 1 aliphatic heterocycles. The van der Waals surface area contributed by atoms with Gasteiger partial charge in [-0.05, 0) is 35.4 Å². The number of rotatable bonds is 5. The van der Waals surface area contributed by atoms with E-state index < -0.39 is 0 Å². The first-order valence-electron chi connectivity index (χ1n) is 7.59.